The maximum atomic E-state index is 11.8. The van der Waals surface area contributed by atoms with E-state index in [2.05, 4.69) is 10.6 Å². The second-order valence-corrected chi connectivity index (χ2v) is 6.38. The predicted molar refractivity (Wildman–Crippen MR) is 75.9 cm³/mol. The molecule has 1 saturated heterocycles. The first-order valence-electron chi connectivity index (χ1n) is 5.98. The first-order valence-corrected chi connectivity index (χ1v) is 7.91. The highest BCUT2D eigenvalue weighted by Crippen LogP contribution is 2.35. The number of ether oxygens (including phenoxy) is 1. The van der Waals surface area contributed by atoms with E-state index in [9.17, 15) is 18.3 Å². The van der Waals surface area contributed by atoms with Crippen molar-refractivity contribution in [3.05, 3.63) is 17.2 Å². The van der Waals surface area contributed by atoms with Crippen molar-refractivity contribution in [1.29, 1.82) is 0 Å². The Balaban J connectivity index is 2.19. The average Bonchev–Trinajstić information content (AvgIpc) is 2.84. The van der Waals surface area contributed by atoms with E-state index in [0.717, 1.165) is 0 Å². The number of benzene rings is 1. The number of anilines is 1. The summed E-state index contributed by atoms with van der Waals surface area (Å²) in [6, 6.07) is 1.77. The standard InChI is InChI=1S/C11H14ClN3O5S/c12-7-1-2-8(9(16)10(7)21(13,18)19)15-11(17)14-6-3-4-20-5-6/h1-2,6,16H,3-5H2,(H2,13,18,19)(H2,14,15,17). The van der Waals surface area contributed by atoms with Gasteiger partial charge >= 0.3 is 6.03 Å². The number of nitrogens with one attached hydrogen (secondary N) is 2. The minimum atomic E-state index is -4.22. The van der Waals surface area contributed by atoms with Gasteiger partial charge in [-0.3, -0.25) is 0 Å². The summed E-state index contributed by atoms with van der Waals surface area (Å²) in [7, 11) is -4.22. The molecular weight excluding hydrogens is 322 g/mol. The summed E-state index contributed by atoms with van der Waals surface area (Å²) < 4.78 is 27.9. The van der Waals surface area contributed by atoms with Gasteiger partial charge in [-0.05, 0) is 18.6 Å². The highest BCUT2D eigenvalue weighted by molar-refractivity contribution is 7.89. The number of carbonyl (C=O) groups is 1. The first-order chi connectivity index (χ1) is 9.79. The summed E-state index contributed by atoms with van der Waals surface area (Å²) in [6.07, 6.45) is 0.683. The Kier molecular flexibility index (Phi) is 4.57. The van der Waals surface area contributed by atoms with Crippen molar-refractivity contribution in [3.63, 3.8) is 0 Å². The Hall–Kier alpha value is -1.55. The third-order valence-corrected chi connectivity index (χ3v) is 4.29. The number of hydrogen-bond donors (Lipinski definition) is 4. The Labute approximate surface area is 126 Å². The van der Waals surface area contributed by atoms with Crippen LogP contribution in [0.15, 0.2) is 17.0 Å². The number of amides is 2. The fourth-order valence-electron chi connectivity index (χ4n) is 1.91. The van der Waals surface area contributed by atoms with E-state index in [1.54, 1.807) is 0 Å². The van der Waals surface area contributed by atoms with Gasteiger partial charge < -0.3 is 20.5 Å². The summed E-state index contributed by atoms with van der Waals surface area (Å²) in [5, 5.41) is 19.6. The van der Waals surface area contributed by atoms with Gasteiger partial charge in [0.15, 0.2) is 5.75 Å². The molecule has 0 radical (unpaired) electrons. The Morgan fingerprint density at radius 3 is 2.76 bits per heavy atom. The van der Waals surface area contributed by atoms with Gasteiger partial charge in [-0.25, -0.2) is 18.4 Å². The second-order valence-electron chi connectivity index (χ2n) is 4.48. The summed E-state index contributed by atoms with van der Waals surface area (Å²) in [5.74, 6) is -0.706. The van der Waals surface area contributed by atoms with Crippen molar-refractivity contribution >= 4 is 33.3 Å². The van der Waals surface area contributed by atoms with Gasteiger partial charge in [0.2, 0.25) is 10.0 Å². The number of phenols is 1. The third kappa shape index (κ3) is 3.76. The third-order valence-electron chi connectivity index (χ3n) is 2.88. The summed E-state index contributed by atoms with van der Waals surface area (Å²) in [4.78, 5) is 11.1. The molecule has 2 rings (SSSR count). The van der Waals surface area contributed by atoms with Crippen molar-refractivity contribution in [2.75, 3.05) is 18.5 Å². The number of nitrogens with two attached hydrogens (primary N) is 1. The SMILES string of the molecule is NS(=O)(=O)c1c(Cl)ccc(NC(=O)NC2CCOC2)c1O. The van der Waals surface area contributed by atoms with Gasteiger partial charge in [-0.1, -0.05) is 11.6 Å². The number of urea groups is 1. The van der Waals surface area contributed by atoms with E-state index >= 15 is 0 Å². The zero-order valence-electron chi connectivity index (χ0n) is 10.8. The van der Waals surface area contributed by atoms with Crippen LogP contribution in [0, 0.1) is 0 Å². The molecule has 8 nitrogen and oxygen atoms in total. The van der Waals surface area contributed by atoms with Gasteiger partial charge in [-0.15, -0.1) is 0 Å². The molecule has 1 aliphatic heterocycles. The molecule has 1 unspecified atom stereocenters. The Bertz CT molecular complexity index is 658. The first kappa shape index (κ1) is 15.8. The Morgan fingerprint density at radius 1 is 1.48 bits per heavy atom. The topological polar surface area (TPSA) is 131 Å². The van der Waals surface area contributed by atoms with E-state index in [1.807, 2.05) is 0 Å². The number of halogens is 1. The van der Waals surface area contributed by atoms with Gasteiger partial charge in [0.1, 0.15) is 4.90 Å². The zero-order valence-corrected chi connectivity index (χ0v) is 12.4. The van der Waals surface area contributed by atoms with Crippen molar-refractivity contribution in [2.45, 2.75) is 17.4 Å². The van der Waals surface area contributed by atoms with Crippen LogP contribution in [0.25, 0.3) is 0 Å². The minimum absolute atomic E-state index is 0.111. The van der Waals surface area contributed by atoms with Crippen molar-refractivity contribution in [3.8, 4) is 5.75 Å². The van der Waals surface area contributed by atoms with Crippen LogP contribution in [-0.2, 0) is 14.8 Å². The van der Waals surface area contributed by atoms with Gasteiger partial charge in [0.25, 0.3) is 0 Å². The molecule has 1 fully saturated rings. The van der Waals surface area contributed by atoms with Gasteiger partial charge in [0, 0.05) is 6.61 Å². The van der Waals surface area contributed by atoms with Crippen molar-refractivity contribution in [1.82, 2.24) is 5.32 Å². The molecule has 1 aromatic carbocycles. The highest BCUT2D eigenvalue weighted by Gasteiger charge is 2.23. The normalized spacial score (nSPS) is 18.5. The molecule has 1 atom stereocenters. The average molecular weight is 336 g/mol. The van der Waals surface area contributed by atoms with Crippen LogP contribution in [0.3, 0.4) is 0 Å². The molecule has 1 heterocycles. The van der Waals surface area contributed by atoms with E-state index < -0.39 is 26.7 Å². The van der Waals surface area contributed by atoms with E-state index in [1.165, 1.54) is 12.1 Å². The van der Waals surface area contributed by atoms with Crippen LogP contribution in [0.1, 0.15) is 6.42 Å². The number of rotatable bonds is 3. The molecule has 1 aliphatic rings. The van der Waals surface area contributed by atoms with Crippen LogP contribution in [0.4, 0.5) is 10.5 Å². The number of aromatic hydroxyl groups is 1. The van der Waals surface area contributed by atoms with Crippen LogP contribution < -0.4 is 15.8 Å². The molecule has 1 aromatic rings. The maximum absolute atomic E-state index is 11.8. The fraction of sp³-hybridized carbons (Fsp3) is 0.364. The molecule has 10 heteroatoms. The number of hydrogen-bond acceptors (Lipinski definition) is 5. The fourth-order valence-corrected chi connectivity index (χ4v) is 3.10. The number of sulfonamides is 1. The summed E-state index contributed by atoms with van der Waals surface area (Å²) in [6.45, 7) is 0.967. The largest absolute Gasteiger partial charge is 0.504 e. The second kappa shape index (κ2) is 6.06. The number of phenolic OH excluding ortho intramolecular Hbond substituents is 1. The van der Waals surface area contributed by atoms with Gasteiger partial charge in [0.05, 0.1) is 23.4 Å². The number of primary sulfonamides is 1. The summed E-state index contributed by atoms with van der Waals surface area (Å²) >= 11 is 5.70. The lowest BCUT2D eigenvalue weighted by molar-refractivity contribution is 0.189. The molecular formula is C11H14ClN3O5S. The molecule has 0 aromatic heterocycles. The molecule has 21 heavy (non-hydrogen) atoms. The van der Waals surface area contributed by atoms with E-state index in [0.29, 0.717) is 19.6 Å². The maximum Gasteiger partial charge on any atom is 0.319 e. The Morgan fingerprint density at radius 2 is 2.19 bits per heavy atom. The van der Waals surface area contributed by atoms with Crippen LogP contribution in [-0.4, -0.2) is 38.8 Å². The lowest BCUT2D eigenvalue weighted by atomic mass is 10.2. The van der Waals surface area contributed by atoms with Crippen LogP contribution >= 0.6 is 11.6 Å². The minimum Gasteiger partial charge on any atom is -0.504 e. The molecule has 0 aliphatic carbocycles. The molecule has 116 valence electrons. The van der Waals surface area contributed by atoms with Crippen molar-refractivity contribution < 1.29 is 23.1 Å². The molecule has 0 bridgehead atoms. The highest BCUT2D eigenvalue weighted by atomic mass is 35.5. The zero-order chi connectivity index (χ0) is 15.6. The van der Waals surface area contributed by atoms with E-state index in [-0.39, 0.29) is 16.8 Å². The van der Waals surface area contributed by atoms with Crippen LogP contribution in [0.5, 0.6) is 5.75 Å². The predicted octanol–water partition coefficient (Wildman–Crippen LogP) is 0.603. The summed E-state index contributed by atoms with van der Waals surface area (Å²) in [5.41, 5.74) is -0.111. The molecule has 2 amide bonds. The molecule has 0 spiro atoms. The molecule has 5 N–H and O–H groups in total. The molecule has 0 saturated carbocycles. The smallest absolute Gasteiger partial charge is 0.319 e. The quantitative estimate of drug-likeness (QED) is 0.601. The van der Waals surface area contributed by atoms with Crippen LogP contribution in [0.2, 0.25) is 5.02 Å². The van der Waals surface area contributed by atoms with Gasteiger partial charge in [-0.2, -0.15) is 0 Å². The monoisotopic (exact) mass is 335 g/mol. The lowest BCUT2D eigenvalue weighted by Crippen LogP contribution is -2.38. The number of carbonyl (C=O) groups excluding carboxylic acids is 1. The van der Waals surface area contributed by atoms with Crippen molar-refractivity contribution in [2.24, 2.45) is 5.14 Å². The lowest BCUT2D eigenvalue weighted by Gasteiger charge is -2.14. The van der Waals surface area contributed by atoms with E-state index in [4.69, 9.17) is 21.5 Å².